The molecule has 0 aromatic carbocycles. The van der Waals surface area contributed by atoms with Gasteiger partial charge in [0.25, 0.3) is 0 Å². The SMILES string of the molecule is C/C=C\OC(C)N. The van der Waals surface area contributed by atoms with Crippen LogP contribution in [0.1, 0.15) is 13.8 Å². The lowest BCUT2D eigenvalue weighted by atomic mass is 10.7. The first kappa shape index (κ1) is 6.50. The molecule has 0 saturated heterocycles. The van der Waals surface area contributed by atoms with Gasteiger partial charge in [0.2, 0.25) is 0 Å². The van der Waals surface area contributed by atoms with Crippen molar-refractivity contribution in [2.45, 2.75) is 20.1 Å². The van der Waals surface area contributed by atoms with Crippen molar-refractivity contribution in [3.05, 3.63) is 12.3 Å². The van der Waals surface area contributed by atoms with Crippen LogP contribution in [0.15, 0.2) is 12.3 Å². The third kappa shape index (κ3) is 5.50. The molecule has 0 heterocycles. The van der Waals surface area contributed by atoms with Crippen LogP contribution in [-0.4, -0.2) is 6.23 Å². The molecule has 2 N–H and O–H groups in total. The summed E-state index contributed by atoms with van der Waals surface area (Å²) in [5, 5.41) is 0. The molecule has 0 aliphatic carbocycles. The molecule has 0 radical (unpaired) electrons. The van der Waals surface area contributed by atoms with Gasteiger partial charge in [-0.25, -0.2) is 0 Å². The molecule has 2 heteroatoms. The highest BCUT2D eigenvalue weighted by atomic mass is 16.5. The summed E-state index contributed by atoms with van der Waals surface area (Å²) in [6, 6.07) is 0. The molecule has 0 aliphatic rings. The van der Waals surface area contributed by atoms with Gasteiger partial charge in [0.1, 0.15) is 6.23 Å². The van der Waals surface area contributed by atoms with E-state index in [-0.39, 0.29) is 6.23 Å². The summed E-state index contributed by atoms with van der Waals surface area (Å²) < 4.78 is 4.79. The molecule has 1 atom stereocenters. The van der Waals surface area contributed by atoms with Gasteiger partial charge in [-0.15, -0.1) is 0 Å². The van der Waals surface area contributed by atoms with Crippen molar-refractivity contribution in [3.8, 4) is 0 Å². The molecule has 0 aromatic rings. The van der Waals surface area contributed by atoms with E-state index in [0.717, 1.165) is 0 Å². The van der Waals surface area contributed by atoms with Crippen LogP contribution < -0.4 is 5.73 Å². The topological polar surface area (TPSA) is 35.2 Å². The zero-order valence-corrected chi connectivity index (χ0v) is 4.72. The van der Waals surface area contributed by atoms with Crippen LogP contribution in [0.3, 0.4) is 0 Å². The molecule has 0 aliphatic heterocycles. The number of rotatable bonds is 2. The van der Waals surface area contributed by atoms with Crippen LogP contribution >= 0.6 is 0 Å². The van der Waals surface area contributed by atoms with Gasteiger partial charge in [-0.2, -0.15) is 0 Å². The molecular weight excluding hydrogens is 90.1 g/mol. The zero-order chi connectivity index (χ0) is 5.70. The van der Waals surface area contributed by atoms with Crippen molar-refractivity contribution < 1.29 is 4.74 Å². The van der Waals surface area contributed by atoms with Gasteiger partial charge in [0, 0.05) is 0 Å². The first-order chi connectivity index (χ1) is 3.27. The maximum atomic E-state index is 5.20. The Balaban J connectivity index is 2.97. The van der Waals surface area contributed by atoms with Crippen molar-refractivity contribution >= 4 is 0 Å². The van der Waals surface area contributed by atoms with E-state index in [1.165, 1.54) is 0 Å². The zero-order valence-electron chi connectivity index (χ0n) is 4.72. The Morgan fingerprint density at radius 3 is 2.43 bits per heavy atom. The Bertz CT molecular complexity index is 59.1. The molecule has 0 bridgehead atoms. The van der Waals surface area contributed by atoms with E-state index in [1.807, 2.05) is 6.92 Å². The normalized spacial score (nSPS) is 14.7. The summed E-state index contributed by atoms with van der Waals surface area (Å²) in [5.41, 5.74) is 5.20. The van der Waals surface area contributed by atoms with E-state index in [4.69, 9.17) is 10.5 Å². The third-order valence-electron chi connectivity index (χ3n) is 0.429. The summed E-state index contributed by atoms with van der Waals surface area (Å²) in [5.74, 6) is 0. The van der Waals surface area contributed by atoms with Gasteiger partial charge < -0.3 is 4.74 Å². The summed E-state index contributed by atoms with van der Waals surface area (Å²) in [6.45, 7) is 3.66. The van der Waals surface area contributed by atoms with Gasteiger partial charge in [-0.05, 0) is 13.8 Å². The number of hydrogen-bond donors (Lipinski definition) is 1. The number of ether oxygens (including phenoxy) is 1. The van der Waals surface area contributed by atoms with Crippen molar-refractivity contribution in [3.63, 3.8) is 0 Å². The van der Waals surface area contributed by atoms with Gasteiger partial charge >= 0.3 is 0 Å². The van der Waals surface area contributed by atoms with Gasteiger partial charge in [0.05, 0.1) is 6.26 Å². The maximum absolute atomic E-state index is 5.20. The minimum absolute atomic E-state index is 0.184. The fourth-order valence-electron chi connectivity index (χ4n) is 0.202. The van der Waals surface area contributed by atoms with Crippen LogP contribution in [0, 0.1) is 0 Å². The summed E-state index contributed by atoms with van der Waals surface area (Å²) in [7, 11) is 0. The lowest BCUT2D eigenvalue weighted by molar-refractivity contribution is 0.168. The molecule has 42 valence electrons. The molecular formula is C5H11NO. The summed E-state index contributed by atoms with van der Waals surface area (Å²) in [6.07, 6.45) is 3.18. The van der Waals surface area contributed by atoms with Crippen molar-refractivity contribution in [1.82, 2.24) is 0 Å². The number of allylic oxidation sites excluding steroid dienone is 1. The molecule has 0 rings (SSSR count). The van der Waals surface area contributed by atoms with Crippen LogP contribution in [0.25, 0.3) is 0 Å². The Morgan fingerprint density at radius 2 is 2.29 bits per heavy atom. The van der Waals surface area contributed by atoms with E-state index in [9.17, 15) is 0 Å². The highest BCUT2D eigenvalue weighted by molar-refractivity contribution is 4.65. The molecule has 1 unspecified atom stereocenters. The van der Waals surface area contributed by atoms with E-state index < -0.39 is 0 Å². The second-order valence-corrected chi connectivity index (χ2v) is 1.31. The van der Waals surface area contributed by atoms with E-state index in [1.54, 1.807) is 19.3 Å². The molecule has 7 heavy (non-hydrogen) atoms. The second kappa shape index (κ2) is 3.68. The molecule has 0 saturated carbocycles. The van der Waals surface area contributed by atoms with Gasteiger partial charge in [-0.3, -0.25) is 5.73 Å². The maximum Gasteiger partial charge on any atom is 0.143 e. The largest absolute Gasteiger partial charge is 0.484 e. The van der Waals surface area contributed by atoms with Gasteiger partial charge in [-0.1, -0.05) is 6.08 Å². The van der Waals surface area contributed by atoms with Crippen LogP contribution in [0.4, 0.5) is 0 Å². The lowest BCUT2D eigenvalue weighted by Gasteiger charge is -2.00. The average Bonchev–Trinajstić information content (AvgIpc) is 1.61. The Labute approximate surface area is 44.0 Å². The van der Waals surface area contributed by atoms with Crippen molar-refractivity contribution in [2.75, 3.05) is 0 Å². The molecule has 0 aromatic heterocycles. The van der Waals surface area contributed by atoms with Crippen molar-refractivity contribution in [1.29, 1.82) is 0 Å². The summed E-state index contributed by atoms with van der Waals surface area (Å²) in [4.78, 5) is 0. The first-order valence-corrected chi connectivity index (χ1v) is 2.29. The van der Waals surface area contributed by atoms with E-state index in [2.05, 4.69) is 0 Å². The van der Waals surface area contributed by atoms with Crippen LogP contribution in [-0.2, 0) is 4.74 Å². The van der Waals surface area contributed by atoms with Gasteiger partial charge in [0.15, 0.2) is 0 Å². The highest BCUT2D eigenvalue weighted by Gasteiger charge is 1.81. The van der Waals surface area contributed by atoms with Crippen LogP contribution in [0.2, 0.25) is 0 Å². The smallest absolute Gasteiger partial charge is 0.143 e. The molecule has 0 spiro atoms. The van der Waals surface area contributed by atoms with Crippen LogP contribution in [0.5, 0.6) is 0 Å². The van der Waals surface area contributed by atoms with E-state index >= 15 is 0 Å². The molecule has 0 amide bonds. The molecule has 0 fully saturated rings. The highest BCUT2D eigenvalue weighted by Crippen LogP contribution is 1.79. The fraction of sp³-hybridized carbons (Fsp3) is 0.600. The minimum Gasteiger partial charge on any atom is -0.484 e. The first-order valence-electron chi connectivity index (χ1n) is 2.29. The Kier molecular flexibility index (Phi) is 3.42. The fourth-order valence-corrected chi connectivity index (χ4v) is 0.202. The standard InChI is InChI=1S/C5H11NO/c1-3-4-7-5(2)6/h3-5H,6H2,1-2H3/b4-3-. The summed E-state index contributed by atoms with van der Waals surface area (Å²) >= 11 is 0. The predicted octanol–water partition coefficient (Wildman–Crippen LogP) is 0.841. The monoisotopic (exact) mass is 101 g/mol. The Morgan fingerprint density at radius 1 is 1.71 bits per heavy atom. The average molecular weight is 101 g/mol. The lowest BCUT2D eigenvalue weighted by Crippen LogP contribution is -2.15. The third-order valence-corrected chi connectivity index (χ3v) is 0.429. The number of hydrogen-bond acceptors (Lipinski definition) is 2. The predicted molar refractivity (Wildman–Crippen MR) is 29.5 cm³/mol. The Hall–Kier alpha value is -0.500. The quantitative estimate of drug-likeness (QED) is 0.413. The molecule has 2 nitrogen and oxygen atoms in total. The number of nitrogens with two attached hydrogens (primary N) is 1. The van der Waals surface area contributed by atoms with E-state index in [0.29, 0.717) is 0 Å². The second-order valence-electron chi connectivity index (χ2n) is 1.31. The minimum atomic E-state index is -0.184. The van der Waals surface area contributed by atoms with Crippen molar-refractivity contribution in [2.24, 2.45) is 5.73 Å².